The van der Waals surface area contributed by atoms with Crippen LogP contribution in [0.2, 0.25) is 0 Å². The molecule has 0 aliphatic carbocycles. The van der Waals surface area contributed by atoms with Gasteiger partial charge in [-0.15, -0.1) is 11.3 Å². The Bertz CT molecular complexity index is 1090. The van der Waals surface area contributed by atoms with Crippen LogP contribution in [0.15, 0.2) is 28.5 Å². The van der Waals surface area contributed by atoms with E-state index in [-0.39, 0.29) is 27.1 Å². The van der Waals surface area contributed by atoms with E-state index in [0.29, 0.717) is 5.56 Å². The highest BCUT2D eigenvalue weighted by atomic mass is 32.2. The average Bonchev–Trinajstić information content (AvgIpc) is 3.16. The molecule has 0 aliphatic rings. The Morgan fingerprint density at radius 1 is 1.11 bits per heavy atom. The largest absolute Gasteiger partial charge is 0.469 e. The first kappa shape index (κ1) is 31.3. The number of primary sulfonamides is 1. The number of hydrogen-bond acceptors (Lipinski definition) is 6. The van der Waals surface area contributed by atoms with Gasteiger partial charge in [0.1, 0.15) is 4.21 Å². The van der Waals surface area contributed by atoms with Gasteiger partial charge in [-0.1, -0.05) is 52.8 Å². The molecule has 8 heteroatoms. The molecule has 0 spiro atoms. The molecule has 1 aromatic carbocycles. The third-order valence-electron chi connectivity index (χ3n) is 6.68. The smallest absolute Gasteiger partial charge is 0.302 e. The average molecular weight is 526 g/mol. The lowest BCUT2D eigenvalue weighted by atomic mass is 9.73. The molecular weight excluding hydrogens is 482 g/mol. The van der Waals surface area contributed by atoms with Crippen molar-refractivity contribution in [3.63, 3.8) is 0 Å². The highest BCUT2D eigenvalue weighted by Crippen LogP contribution is 2.44. The van der Waals surface area contributed by atoms with Crippen molar-refractivity contribution in [2.45, 2.75) is 96.8 Å². The maximum absolute atomic E-state index is 12.0. The van der Waals surface area contributed by atoms with E-state index in [0.717, 1.165) is 30.6 Å². The number of aryl methyl sites for hydroxylation is 3. The SMILES string of the molecule is CCC(CC)(c1ccc(CCC(O)C(C)(C)C)c(C)c1)c1cc(C)c(S(N)(=O)=O)s1.COC(C)=O. The first-order valence-electron chi connectivity index (χ1n) is 12.0. The van der Waals surface area contributed by atoms with Gasteiger partial charge < -0.3 is 9.84 Å². The molecule has 1 aromatic heterocycles. The van der Waals surface area contributed by atoms with Crippen LogP contribution < -0.4 is 5.14 Å². The van der Waals surface area contributed by atoms with Gasteiger partial charge in [-0.05, 0) is 73.3 Å². The van der Waals surface area contributed by atoms with Crippen LogP contribution in [-0.2, 0) is 31.4 Å². The van der Waals surface area contributed by atoms with Crippen molar-refractivity contribution in [3.8, 4) is 0 Å². The van der Waals surface area contributed by atoms with Gasteiger partial charge in [0.05, 0.1) is 13.2 Å². The van der Waals surface area contributed by atoms with E-state index >= 15 is 0 Å². The van der Waals surface area contributed by atoms with Crippen molar-refractivity contribution in [1.29, 1.82) is 0 Å². The number of thiophene rings is 1. The highest BCUT2D eigenvalue weighted by molar-refractivity contribution is 7.91. The van der Waals surface area contributed by atoms with Crippen molar-refractivity contribution in [3.05, 3.63) is 51.4 Å². The van der Waals surface area contributed by atoms with Gasteiger partial charge in [-0.25, -0.2) is 13.6 Å². The molecule has 0 radical (unpaired) electrons. The summed E-state index contributed by atoms with van der Waals surface area (Å²) < 4.78 is 28.3. The van der Waals surface area contributed by atoms with Crippen LogP contribution in [0.1, 0.15) is 87.9 Å². The van der Waals surface area contributed by atoms with Crippen molar-refractivity contribution in [1.82, 2.24) is 0 Å². The summed E-state index contributed by atoms with van der Waals surface area (Å²) in [6.45, 7) is 15.8. The second-order valence-electron chi connectivity index (χ2n) is 10.2. The van der Waals surface area contributed by atoms with Crippen molar-refractivity contribution < 1.29 is 23.1 Å². The summed E-state index contributed by atoms with van der Waals surface area (Å²) in [6.07, 6.45) is 2.97. The summed E-state index contributed by atoms with van der Waals surface area (Å²) in [5, 5.41) is 15.8. The molecule has 1 atom stereocenters. The lowest BCUT2D eigenvalue weighted by Gasteiger charge is -2.32. The first-order chi connectivity index (χ1) is 16.0. The molecule has 2 aromatic rings. The Kier molecular flexibility index (Phi) is 11.2. The number of nitrogens with two attached hydrogens (primary N) is 1. The zero-order valence-electron chi connectivity index (χ0n) is 22.7. The van der Waals surface area contributed by atoms with E-state index in [2.05, 4.69) is 64.5 Å². The summed E-state index contributed by atoms with van der Waals surface area (Å²) in [5.74, 6) is -0.245. The van der Waals surface area contributed by atoms with Crippen molar-refractivity contribution in [2.24, 2.45) is 10.6 Å². The monoisotopic (exact) mass is 525 g/mol. The number of carbonyl (C=O) groups is 1. The van der Waals surface area contributed by atoms with Crippen LogP contribution in [-0.4, -0.2) is 32.7 Å². The van der Waals surface area contributed by atoms with E-state index < -0.39 is 10.0 Å². The summed E-state index contributed by atoms with van der Waals surface area (Å²) in [5.41, 5.74) is 4.01. The number of rotatable bonds is 8. The second-order valence-corrected chi connectivity index (χ2v) is 13.0. The maximum Gasteiger partial charge on any atom is 0.302 e. The number of esters is 1. The predicted molar refractivity (Wildman–Crippen MR) is 144 cm³/mol. The molecule has 1 unspecified atom stereocenters. The van der Waals surface area contributed by atoms with Crippen LogP contribution in [0.5, 0.6) is 0 Å². The number of sulfonamides is 1. The molecule has 0 bridgehead atoms. The number of benzene rings is 1. The zero-order valence-corrected chi connectivity index (χ0v) is 24.3. The molecule has 0 saturated carbocycles. The molecule has 1 heterocycles. The van der Waals surface area contributed by atoms with Gasteiger partial charge in [0.25, 0.3) is 0 Å². The number of aliphatic hydroxyl groups is 1. The quantitative estimate of drug-likeness (QED) is 0.434. The number of ether oxygens (including phenoxy) is 1. The Labute approximate surface area is 216 Å². The number of methoxy groups -OCH3 is 1. The minimum atomic E-state index is -3.72. The minimum absolute atomic E-state index is 0.120. The zero-order chi connectivity index (χ0) is 27.2. The van der Waals surface area contributed by atoms with Crippen LogP contribution in [0, 0.1) is 19.3 Å². The second kappa shape index (κ2) is 12.5. The van der Waals surface area contributed by atoms with Crippen LogP contribution in [0.25, 0.3) is 0 Å². The molecular formula is C27H43NO5S2. The molecule has 0 aliphatic heterocycles. The molecule has 0 amide bonds. The fourth-order valence-electron chi connectivity index (χ4n) is 4.13. The summed E-state index contributed by atoms with van der Waals surface area (Å²) in [4.78, 5) is 10.6. The van der Waals surface area contributed by atoms with Gasteiger partial charge in [0, 0.05) is 17.2 Å². The molecule has 35 heavy (non-hydrogen) atoms. The maximum atomic E-state index is 12.0. The standard InChI is InChI=1S/C24H37NO3S2.C3H6O2/c1-8-24(9-2,21-15-17(4)22(29-21)30(25,27)28)19-12-10-18(16(3)14-19)11-13-20(26)23(5,6)7;1-3(4)5-2/h10,12,14-15,20,26H,8-9,11,13H2,1-7H3,(H2,25,27,28);1-2H3. The number of aliphatic hydroxyl groups excluding tert-OH is 1. The number of carbonyl (C=O) groups excluding carboxylic acids is 1. The van der Waals surface area contributed by atoms with E-state index in [1.165, 1.54) is 42.1 Å². The van der Waals surface area contributed by atoms with E-state index in [9.17, 15) is 18.3 Å². The van der Waals surface area contributed by atoms with Gasteiger partial charge in [0.2, 0.25) is 10.0 Å². The minimum Gasteiger partial charge on any atom is -0.469 e. The molecule has 198 valence electrons. The lowest BCUT2D eigenvalue weighted by Crippen LogP contribution is -2.26. The Morgan fingerprint density at radius 3 is 2.03 bits per heavy atom. The van der Waals surface area contributed by atoms with E-state index in [1.54, 1.807) is 0 Å². The fraction of sp³-hybridized carbons (Fsp3) is 0.593. The summed E-state index contributed by atoms with van der Waals surface area (Å²) in [6, 6.07) is 8.56. The lowest BCUT2D eigenvalue weighted by molar-refractivity contribution is -0.137. The molecule has 6 nitrogen and oxygen atoms in total. The summed E-state index contributed by atoms with van der Waals surface area (Å²) >= 11 is 1.30. The molecule has 0 fully saturated rings. The normalized spacial score (nSPS) is 13.1. The summed E-state index contributed by atoms with van der Waals surface area (Å²) in [7, 11) is -2.37. The van der Waals surface area contributed by atoms with Crippen LogP contribution in [0.3, 0.4) is 0 Å². The molecule has 2 rings (SSSR count). The van der Waals surface area contributed by atoms with Crippen LogP contribution in [0.4, 0.5) is 0 Å². The third kappa shape index (κ3) is 8.13. The Morgan fingerprint density at radius 2 is 1.66 bits per heavy atom. The fourth-order valence-corrected chi connectivity index (χ4v) is 6.63. The first-order valence-corrected chi connectivity index (χ1v) is 14.4. The topological polar surface area (TPSA) is 107 Å². The number of hydrogen-bond donors (Lipinski definition) is 2. The predicted octanol–water partition coefficient (Wildman–Crippen LogP) is 5.64. The van der Waals surface area contributed by atoms with Gasteiger partial charge in [-0.2, -0.15) is 0 Å². The van der Waals surface area contributed by atoms with Gasteiger partial charge >= 0.3 is 5.97 Å². The Balaban J connectivity index is 0.00000111. The van der Waals surface area contributed by atoms with E-state index in [4.69, 9.17) is 5.14 Å². The highest BCUT2D eigenvalue weighted by Gasteiger charge is 2.34. The van der Waals surface area contributed by atoms with Gasteiger partial charge in [0.15, 0.2) is 0 Å². The van der Waals surface area contributed by atoms with Gasteiger partial charge in [-0.3, -0.25) is 4.79 Å². The Hall–Kier alpha value is -1.74. The molecule has 0 saturated heterocycles. The van der Waals surface area contributed by atoms with Crippen molar-refractivity contribution in [2.75, 3.05) is 7.11 Å². The molecule has 3 N–H and O–H groups in total. The van der Waals surface area contributed by atoms with Crippen LogP contribution >= 0.6 is 11.3 Å². The van der Waals surface area contributed by atoms with Crippen molar-refractivity contribution >= 4 is 27.3 Å². The van der Waals surface area contributed by atoms with E-state index in [1.807, 2.05) is 13.0 Å². The third-order valence-corrected chi connectivity index (χ3v) is 9.70.